The van der Waals surface area contributed by atoms with Gasteiger partial charge in [-0.2, -0.15) is 0 Å². The molecule has 0 amide bonds. The highest BCUT2D eigenvalue weighted by molar-refractivity contribution is 5.24. The molecule has 66 valence electrons. The molecular formula is C10H14NO-. The maximum atomic E-state index is 10.3. The third-order valence-electron chi connectivity index (χ3n) is 1.93. The molecule has 1 atom stereocenters. The molecule has 0 spiro atoms. The molecule has 1 aromatic rings. The van der Waals surface area contributed by atoms with E-state index in [0.717, 1.165) is 0 Å². The van der Waals surface area contributed by atoms with Crippen molar-refractivity contribution >= 4 is 0 Å². The molecule has 1 unspecified atom stereocenters. The van der Waals surface area contributed by atoms with Gasteiger partial charge in [0, 0.05) is 6.04 Å². The third kappa shape index (κ3) is 2.32. The molecule has 1 N–H and O–H groups in total. The highest BCUT2D eigenvalue weighted by atomic mass is 16.3. The van der Waals surface area contributed by atoms with E-state index in [-0.39, 0.29) is 12.8 Å². The molecule has 0 heterocycles. The van der Waals surface area contributed by atoms with Crippen LogP contribution in [-0.2, 0) is 0 Å². The largest absolute Gasteiger partial charge is 0.843 e. The van der Waals surface area contributed by atoms with Crippen LogP contribution in [-0.4, -0.2) is 6.73 Å². The van der Waals surface area contributed by atoms with E-state index in [2.05, 4.69) is 11.4 Å². The van der Waals surface area contributed by atoms with Crippen LogP contribution >= 0.6 is 0 Å². The van der Waals surface area contributed by atoms with E-state index in [1.165, 1.54) is 11.1 Å². The molecule has 0 radical (unpaired) electrons. The normalized spacial score (nSPS) is 12.9. The zero-order valence-electron chi connectivity index (χ0n) is 7.50. The average Bonchev–Trinajstić information content (AvgIpc) is 2.05. The van der Waals surface area contributed by atoms with Crippen LogP contribution in [0, 0.1) is 6.92 Å². The van der Waals surface area contributed by atoms with Crippen LogP contribution in [0.2, 0.25) is 0 Å². The minimum Gasteiger partial charge on any atom is -0.843 e. The van der Waals surface area contributed by atoms with Gasteiger partial charge >= 0.3 is 0 Å². The number of rotatable bonds is 3. The lowest BCUT2D eigenvalue weighted by Gasteiger charge is -2.16. The van der Waals surface area contributed by atoms with Crippen molar-refractivity contribution in [3.63, 3.8) is 0 Å². The van der Waals surface area contributed by atoms with E-state index >= 15 is 0 Å². The van der Waals surface area contributed by atoms with Gasteiger partial charge in [0.05, 0.1) is 0 Å². The molecule has 0 fully saturated rings. The molecule has 0 aliphatic heterocycles. The maximum absolute atomic E-state index is 10.3. The molecule has 0 aliphatic rings. The number of benzene rings is 1. The summed E-state index contributed by atoms with van der Waals surface area (Å²) in [6.07, 6.45) is 0. The molecule has 0 saturated carbocycles. The third-order valence-corrected chi connectivity index (χ3v) is 1.93. The summed E-state index contributed by atoms with van der Waals surface area (Å²) in [4.78, 5) is 0. The molecule has 0 aliphatic carbocycles. The zero-order valence-corrected chi connectivity index (χ0v) is 7.50. The van der Waals surface area contributed by atoms with Crippen molar-refractivity contribution in [3.8, 4) is 0 Å². The van der Waals surface area contributed by atoms with Gasteiger partial charge in [0.2, 0.25) is 0 Å². The molecule has 2 nitrogen and oxygen atoms in total. The second kappa shape index (κ2) is 4.24. The monoisotopic (exact) mass is 164 g/mol. The van der Waals surface area contributed by atoms with Gasteiger partial charge in [-0.15, -0.1) is 0 Å². The zero-order chi connectivity index (χ0) is 8.97. The van der Waals surface area contributed by atoms with Gasteiger partial charge in [-0.1, -0.05) is 36.6 Å². The van der Waals surface area contributed by atoms with Crippen molar-refractivity contribution in [3.05, 3.63) is 35.4 Å². The summed E-state index contributed by atoms with van der Waals surface area (Å²) in [5, 5.41) is 13.1. The standard InChI is InChI=1S/C10H14NO/c1-8-4-3-5-10(6-8)9(2)11-7-12/h3-6,9,11H,7H2,1-2H3/q-1. The van der Waals surface area contributed by atoms with Crippen molar-refractivity contribution in [2.24, 2.45) is 0 Å². The molecule has 0 bridgehead atoms. The van der Waals surface area contributed by atoms with Crippen molar-refractivity contribution in [1.82, 2.24) is 5.32 Å². The van der Waals surface area contributed by atoms with Gasteiger partial charge in [-0.3, -0.25) is 0 Å². The minimum atomic E-state index is -0.227. The fourth-order valence-electron chi connectivity index (χ4n) is 1.18. The van der Waals surface area contributed by atoms with Crippen molar-refractivity contribution in [2.75, 3.05) is 6.73 Å². The second-order valence-corrected chi connectivity index (χ2v) is 2.98. The first-order valence-electron chi connectivity index (χ1n) is 4.12. The van der Waals surface area contributed by atoms with Gasteiger partial charge in [0.1, 0.15) is 0 Å². The molecule has 12 heavy (non-hydrogen) atoms. The van der Waals surface area contributed by atoms with Crippen LogP contribution < -0.4 is 10.4 Å². The first-order chi connectivity index (χ1) is 5.74. The predicted molar refractivity (Wildman–Crippen MR) is 47.6 cm³/mol. The molecule has 0 aromatic heterocycles. The Labute approximate surface area is 73.2 Å². The highest BCUT2D eigenvalue weighted by Gasteiger charge is 2.00. The fraction of sp³-hybridized carbons (Fsp3) is 0.400. The van der Waals surface area contributed by atoms with Gasteiger partial charge in [-0.25, -0.2) is 0 Å². The summed E-state index contributed by atoms with van der Waals surface area (Å²) in [6.45, 7) is 3.81. The van der Waals surface area contributed by atoms with Gasteiger partial charge < -0.3 is 10.4 Å². The van der Waals surface area contributed by atoms with Crippen LogP contribution in [0.3, 0.4) is 0 Å². The van der Waals surface area contributed by atoms with Crippen LogP contribution in [0.25, 0.3) is 0 Å². The summed E-state index contributed by atoms with van der Waals surface area (Å²) in [5.74, 6) is 0. The maximum Gasteiger partial charge on any atom is 0.0279 e. The van der Waals surface area contributed by atoms with E-state index in [1.807, 2.05) is 32.0 Å². The summed E-state index contributed by atoms with van der Waals surface area (Å²) in [5.41, 5.74) is 2.40. The fourth-order valence-corrected chi connectivity index (χ4v) is 1.18. The lowest BCUT2D eigenvalue weighted by Crippen LogP contribution is -2.28. The average molecular weight is 164 g/mol. The molecule has 1 rings (SSSR count). The lowest BCUT2D eigenvalue weighted by molar-refractivity contribution is -0.376. The molecule has 1 aromatic carbocycles. The van der Waals surface area contributed by atoms with E-state index in [1.54, 1.807) is 0 Å². The van der Waals surface area contributed by atoms with Gasteiger partial charge in [-0.05, 0) is 19.4 Å². The smallest absolute Gasteiger partial charge is 0.0279 e. The van der Waals surface area contributed by atoms with Crippen LogP contribution in [0.4, 0.5) is 0 Å². The number of aryl methyl sites for hydroxylation is 1. The summed E-state index contributed by atoms with van der Waals surface area (Å²) in [6, 6.07) is 8.33. The van der Waals surface area contributed by atoms with Crippen molar-refractivity contribution in [1.29, 1.82) is 0 Å². The highest BCUT2D eigenvalue weighted by Crippen LogP contribution is 2.12. The van der Waals surface area contributed by atoms with E-state index < -0.39 is 0 Å². The van der Waals surface area contributed by atoms with E-state index in [9.17, 15) is 5.11 Å². The summed E-state index contributed by atoms with van der Waals surface area (Å²) >= 11 is 0. The Bertz CT molecular complexity index is 247. The Hall–Kier alpha value is -0.860. The molecular weight excluding hydrogens is 150 g/mol. The van der Waals surface area contributed by atoms with Crippen LogP contribution in [0.1, 0.15) is 24.1 Å². The summed E-state index contributed by atoms with van der Waals surface area (Å²) < 4.78 is 0. The van der Waals surface area contributed by atoms with Gasteiger partial charge in [0.25, 0.3) is 0 Å². The number of hydrogen-bond donors (Lipinski definition) is 1. The van der Waals surface area contributed by atoms with Gasteiger partial charge in [0.15, 0.2) is 0 Å². The Kier molecular flexibility index (Phi) is 3.26. The first kappa shape index (κ1) is 9.23. The van der Waals surface area contributed by atoms with Crippen LogP contribution in [0.5, 0.6) is 0 Å². The van der Waals surface area contributed by atoms with Crippen molar-refractivity contribution in [2.45, 2.75) is 19.9 Å². The predicted octanol–water partition coefficient (Wildman–Crippen LogP) is 0.963. The van der Waals surface area contributed by atoms with Crippen molar-refractivity contribution < 1.29 is 5.11 Å². The quantitative estimate of drug-likeness (QED) is 0.675. The van der Waals surface area contributed by atoms with E-state index in [4.69, 9.17) is 0 Å². The SMILES string of the molecule is Cc1cccc(C(C)NC[O-])c1. The van der Waals surface area contributed by atoms with Crippen LogP contribution in [0.15, 0.2) is 24.3 Å². The van der Waals surface area contributed by atoms with E-state index in [0.29, 0.717) is 0 Å². The Morgan fingerprint density at radius 3 is 2.83 bits per heavy atom. The number of hydrogen-bond acceptors (Lipinski definition) is 2. The summed E-state index contributed by atoms with van der Waals surface area (Å²) in [7, 11) is 0. The number of nitrogens with one attached hydrogen (secondary N) is 1. The Morgan fingerprint density at radius 1 is 1.50 bits per heavy atom. The molecule has 2 heteroatoms. The minimum absolute atomic E-state index is 0.155. The first-order valence-corrected chi connectivity index (χ1v) is 4.12. The lowest BCUT2D eigenvalue weighted by atomic mass is 10.1. The Balaban J connectivity index is 2.73. The second-order valence-electron chi connectivity index (χ2n) is 2.98. The Morgan fingerprint density at radius 2 is 2.25 bits per heavy atom. The topological polar surface area (TPSA) is 35.1 Å². The molecule has 0 saturated heterocycles.